The lowest BCUT2D eigenvalue weighted by Gasteiger charge is -2.16. The molecule has 2 heterocycles. The predicted octanol–water partition coefficient (Wildman–Crippen LogP) is 3.85. The zero-order valence-electron chi connectivity index (χ0n) is 14.5. The Morgan fingerprint density at radius 1 is 1.26 bits per heavy atom. The smallest absolute Gasteiger partial charge is 0.231 e. The standard InChI is InChI=1S/C18H18N2O4S3/c1-11-4-2-3-5-12(11)17(27(19,21)22)6-7-25-18-20-13-8-14-15(24-10-23-14)9-16(13)26-18/h2-5,8-9,17H,6-7,10H2,1H3,(H2,19,21,22). The van der Waals surface area contributed by atoms with Crippen LogP contribution in [0.1, 0.15) is 22.8 Å². The van der Waals surface area contributed by atoms with E-state index in [0.29, 0.717) is 17.9 Å². The van der Waals surface area contributed by atoms with Gasteiger partial charge in [-0.15, -0.1) is 11.3 Å². The van der Waals surface area contributed by atoms with Gasteiger partial charge in [0.2, 0.25) is 16.8 Å². The number of benzene rings is 2. The van der Waals surface area contributed by atoms with E-state index < -0.39 is 15.3 Å². The Hall–Kier alpha value is -1.81. The summed E-state index contributed by atoms with van der Waals surface area (Å²) < 4.78 is 36.9. The molecule has 0 fully saturated rings. The van der Waals surface area contributed by atoms with Crippen molar-refractivity contribution in [1.29, 1.82) is 0 Å². The molecule has 27 heavy (non-hydrogen) atoms. The molecule has 2 aromatic carbocycles. The van der Waals surface area contributed by atoms with E-state index in [1.807, 2.05) is 43.3 Å². The van der Waals surface area contributed by atoms with Crippen LogP contribution in [-0.2, 0) is 10.0 Å². The number of aromatic nitrogens is 1. The number of nitrogens with zero attached hydrogens (tertiary/aromatic N) is 1. The van der Waals surface area contributed by atoms with Gasteiger partial charge in [0.25, 0.3) is 0 Å². The monoisotopic (exact) mass is 422 g/mol. The van der Waals surface area contributed by atoms with Gasteiger partial charge in [-0.1, -0.05) is 36.0 Å². The highest BCUT2D eigenvalue weighted by atomic mass is 32.2. The van der Waals surface area contributed by atoms with Crippen molar-refractivity contribution in [3.8, 4) is 11.5 Å². The van der Waals surface area contributed by atoms with Crippen LogP contribution < -0.4 is 14.6 Å². The molecule has 3 aromatic rings. The first-order valence-corrected chi connectivity index (χ1v) is 11.7. The van der Waals surface area contributed by atoms with Gasteiger partial charge in [-0.05, 0) is 24.5 Å². The van der Waals surface area contributed by atoms with Crippen LogP contribution in [0.3, 0.4) is 0 Å². The second-order valence-electron chi connectivity index (χ2n) is 6.22. The van der Waals surface area contributed by atoms with E-state index in [1.54, 1.807) is 11.3 Å². The molecular formula is C18H18N2O4S3. The number of sulfonamides is 1. The Morgan fingerprint density at radius 2 is 2.00 bits per heavy atom. The van der Waals surface area contributed by atoms with Crippen molar-refractivity contribution in [3.05, 3.63) is 47.5 Å². The summed E-state index contributed by atoms with van der Waals surface area (Å²) >= 11 is 3.09. The van der Waals surface area contributed by atoms with Crippen molar-refractivity contribution in [2.75, 3.05) is 12.5 Å². The number of hydrogen-bond acceptors (Lipinski definition) is 7. The Morgan fingerprint density at radius 3 is 2.74 bits per heavy atom. The van der Waals surface area contributed by atoms with Crippen LogP contribution in [0.4, 0.5) is 0 Å². The fraction of sp³-hybridized carbons (Fsp3) is 0.278. The molecule has 0 radical (unpaired) electrons. The second kappa shape index (κ2) is 7.31. The average molecular weight is 423 g/mol. The van der Waals surface area contributed by atoms with Crippen molar-refractivity contribution in [1.82, 2.24) is 4.98 Å². The highest BCUT2D eigenvalue weighted by Gasteiger charge is 2.25. The minimum atomic E-state index is -3.69. The van der Waals surface area contributed by atoms with E-state index in [4.69, 9.17) is 14.6 Å². The van der Waals surface area contributed by atoms with Gasteiger partial charge in [0.05, 0.1) is 10.2 Å². The third kappa shape index (κ3) is 3.91. The SMILES string of the molecule is Cc1ccccc1C(CCSc1nc2cc3c(cc2s1)OCO3)S(N)(=O)=O. The fourth-order valence-corrected chi connectivity index (χ4v) is 6.42. The number of rotatable bonds is 6. The minimum Gasteiger partial charge on any atom is -0.454 e. The van der Waals surface area contributed by atoms with E-state index >= 15 is 0 Å². The number of hydrogen-bond donors (Lipinski definition) is 1. The maximum absolute atomic E-state index is 12.1. The number of thiazole rings is 1. The molecule has 142 valence electrons. The van der Waals surface area contributed by atoms with E-state index in [2.05, 4.69) is 4.98 Å². The van der Waals surface area contributed by atoms with Crippen LogP contribution in [0.15, 0.2) is 40.7 Å². The van der Waals surface area contributed by atoms with E-state index in [-0.39, 0.29) is 6.79 Å². The number of thioether (sulfide) groups is 1. The van der Waals surface area contributed by atoms with Crippen LogP contribution in [0.25, 0.3) is 10.2 Å². The molecule has 1 aliphatic rings. The molecule has 1 aliphatic heterocycles. The largest absolute Gasteiger partial charge is 0.454 e. The summed E-state index contributed by atoms with van der Waals surface area (Å²) in [7, 11) is -3.69. The highest BCUT2D eigenvalue weighted by Crippen LogP contribution is 2.40. The van der Waals surface area contributed by atoms with Gasteiger partial charge >= 0.3 is 0 Å². The van der Waals surface area contributed by atoms with Crippen molar-refractivity contribution >= 4 is 43.3 Å². The summed E-state index contributed by atoms with van der Waals surface area (Å²) in [5, 5.41) is 4.78. The topological polar surface area (TPSA) is 91.5 Å². The van der Waals surface area contributed by atoms with E-state index in [1.165, 1.54) is 11.8 Å². The first-order chi connectivity index (χ1) is 12.9. The number of aryl methyl sites for hydroxylation is 1. The molecular weight excluding hydrogens is 404 g/mol. The van der Waals surface area contributed by atoms with Crippen LogP contribution in [0.5, 0.6) is 11.5 Å². The van der Waals surface area contributed by atoms with Gasteiger partial charge in [0.1, 0.15) is 5.25 Å². The van der Waals surface area contributed by atoms with Crippen LogP contribution in [-0.4, -0.2) is 25.9 Å². The van der Waals surface area contributed by atoms with Gasteiger partial charge < -0.3 is 9.47 Å². The summed E-state index contributed by atoms with van der Waals surface area (Å²) in [4.78, 5) is 4.60. The van der Waals surface area contributed by atoms with Crippen LogP contribution >= 0.6 is 23.1 Å². The van der Waals surface area contributed by atoms with Crippen molar-refractivity contribution in [2.45, 2.75) is 22.9 Å². The van der Waals surface area contributed by atoms with Crippen LogP contribution in [0, 0.1) is 6.92 Å². The third-order valence-corrected chi connectivity index (χ3v) is 7.88. The number of ether oxygens (including phenoxy) is 2. The zero-order chi connectivity index (χ0) is 19.0. The maximum atomic E-state index is 12.1. The predicted molar refractivity (Wildman–Crippen MR) is 108 cm³/mol. The molecule has 0 spiro atoms. The normalized spacial score (nSPS) is 14.6. The molecule has 2 N–H and O–H groups in total. The zero-order valence-corrected chi connectivity index (χ0v) is 17.0. The van der Waals surface area contributed by atoms with E-state index in [0.717, 1.165) is 31.4 Å². The lowest BCUT2D eigenvalue weighted by atomic mass is 10.0. The average Bonchev–Trinajstić information content (AvgIpc) is 3.21. The van der Waals surface area contributed by atoms with Crippen molar-refractivity contribution in [3.63, 3.8) is 0 Å². The molecule has 1 unspecified atom stereocenters. The Bertz CT molecular complexity index is 1050. The highest BCUT2D eigenvalue weighted by molar-refractivity contribution is 8.01. The molecule has 0 amide bonds. The van der Waals surface area contributed by atoms with E-state index in [9.17, 15) is 8.42 Å². The third-order valence-electron chi connectivity index (χ3n) is 4.40. The Kier molecular flexibility index (Phi) is 5.02. The van der Waals surface area contributed by atoms with Crippen molar-refractivity contribution in [2.24, 2.45) is 5.14 Å². The molecule has 6 nitrogen and oxygen atoms in total. The van der Waals surface area contributed by atoms with Gasteiger partial charge in [-0.25, -0.2) is 18.5 Å². The number of fused-ring (bicyclic) bond motifs is 2. The van der Waals surface area contributed by atoms with Crippen LogP contribution in [0.2, 0.25) is 0 Å². The number of primary sulfonamides is 1. The lowest BCUT2D eigenvalue weighted by Crippen LogP contribution is -2.23. The first-order valence-electron chi connectivity index (χ1n) is 8.32. The molecule has 0 bridgehead atoms. The Labute approximate surface area is 165 Å². The molecule has 4 rings (SSSR count). The summed E-state index contributed by atoms with van der Waals surface area (Å²) in [5.74, 6) is 2.04. The summed E-state index contributed by atoms with van der Waals surface area (Å²) in [6.07, 6.45) is 0.424. The fourth-order valence-electron chi connectivity index (χ4n) is 3.06. The quantitative estimate of drug-likeness (QED) is 0.607. The lowest BCUT2D eigenvalue weighted by molar-refractivity contribution is 0.174. The summed E-state index contributed by atoms with van der Waals surface area (Å²) in [5.41, 5.74) is 2.54. The molecule has 0 aliphatic carbocycles. The van der Waals surface area contributed by atoms with Gasteiger partial charge in [-0.3, -0.25) is 0 Å². The minimum absolute atomic E-state index is 0.238. The summed E-state index contributed by atoms with van der Waals surface area (Å²) in [6, 6.07) is 11.3. The van der Waals surface area contributed by atoms with Gasteiger partial charge in [0, 0.05) is 17.9 Å². The van der Waals surface area contributed by atoms with Crippen molar-refractivity contribution < 1.29 is 17.9 Å². The first kappa shape index (κ1) is 18.5. The van der Waals surface area contributed by atoms with Gasteiger partial charge in [0.15, 0.2) is 15.8 Å². The summed E-state index contributed by atoms with van der Waals surface area (Å²) in [6.45, 7) is 2.14. The molecule has 0 saturated carbocycles. The van der Waals surface area contributed by atoms with Gasteiger partial charge in [-0.2, -0.15) is 0 Å². The molecule has 9 heteroatoms. The molecule has 0 saturated heterocycles. The number of nitrogens with two attached hydrogens (primary N) is 1. The molecule has 1 atom stereocenters. The molecule has 1 aromatic heterocycles. The Balaban J connectivity index is 1.49. The maximum Gasteiger partial charge on any atom is 0.231 e. The second-order valence-corrected chi connectivity index (χ2v) is 10.3.